The molecule has 162 valence electrons. The Hall–Kier alpha value is -0.860. The maximum Gasteiger partial charge on any atom is 0.241 e. The van der Waals surface area contributed by atoms with Crippen molar-refractivity contribution in [2.75, 3.05) is 32.4 Å². The molecule has 0 radical (unpaired) electrons. The number of likely N-dealkylation sites (tertiary alicyclic amines) is 2. The van der Waals surface area contributed by atoms with Crippen LogP contribution in [0.15, 0.2) is 0 Å². The first-order chi connectivity index (χ1) is 12.8. The van der Waals surface area contributed by atoms with Crippen molar-refractivity contribution in [2.45, 2.75) is 70.4 Å². The third kappa shape index (κ3) is 4.82. The Morgan fingerprint density at radius 1 is 1.11 bits per heavy atom. The SMILES string of the molecule is CCC[C@H]1C(=O)N(S(C)(=O)=O)[C@H]2CCN(C(=O)CCN3CCCCCC3)[C@H]12.Cl. The third-order valence-corrected chi connectivity index (χ3v) is 7.45. The first-order valence-corrected chi connectivity index (χ1v) is 12.2. The molecular formula is C19H34ClN3O4S. The van der Waals surface area contributed by atoms with Crippen LogP contribution in [0.5, 0.6) is 0 Å². The molecule has 9 heteroatoms. The first kappa shape index (κ1) is 23.4. The van der Waals surface area contributed by atoms with Crippen molar-refractivity contribution in [1.29, 1.82) is 0 Å². The fourth-order valence-corrected chi connectivity index (χ4v) is 6.26. The van der Waals surface area contributed by atoms with Crippen LogP contribution in [-0.4, -0.2) is 78.9 Å². The number of carbonyl (C=O) groups excluding carboxylic acids is 2. The largest absolute Gasteiger partial charge is 0.337 e. The number of hydrogen-bond donors (Lipinski definition) is 0. The molecule has 2 amide bonds. The van der Waals surface area contributed by atoms with Crippen molar-refractivity contribution in [3.63, 3.8) is 0 Å². The van der Waals surface area contributed by atoms with E-state index in [2.05, 4.69) is 4.90 Å². The second-order valence-electron chi connectivity index (χ2n) is 8.23. The minimum absolute atomic E-state index is 0. The zero-order valence-corrected chi connectivity index (χ0v) is 18.6. The fraction of sp³-hybridized carbons (Fsp3) is 0.895. The Bertz CT molecular complexity index is 664. The number of hydrogen-bond acceptors (Lipinski definition) is 5. The van der Waals surface area contributed by atoms with E-state index in [0.29, 0.717) is 25.8 Å². The summed E-state index contributed by atoms with van der Waals surface area (Å²) in [6, 6.07) is -0.671. The molecule has 3 aliphatic heterocycles. The molecule has 0 aromatic heterocycles. The summed E-state index contributed by atoms with van der Waals surface area (Å²) in [5.74, 6) is -0.644. The molecule has 0 bridgehead atoms. The average molecular weight is 436 g/mol. The number of rotatable bonds is 6. The lowest BCUT2D eigenvalue weighted by molar-refractivity contribution is -0.134. The van der Waals surface area contributed by atoms with Gasteiger partial charge in [-0.15, -0.1) is 12.4 Å². The lowest BCUT2D eigenvalue weighted by atomic mass is 9.94. The molecule has 0 spiro atoms. The molecule has 0 N–H and O–H groups in total. The number of carbonyl (C=O) groups is 2. The Labute approximate surface area is 175 Å². The smallest absolute Gasteiger partial charge is 0.241 e. The minimum Gasteiger partial charge on any atom is -0.337 e. The summed E-state index contributed by atoms with van der Waals surface area (Å²) in [4.78, 5) is 29.9. The minimum atomic E-state index is -3.60. The molecule has 3 heterocycles. The van der Waals surface area contributed by atoms with Crippen LogP contribution in [0.3, 0.4) is 0 Å². The van der Waals surface area contributed by atoms with E-state index >= 15 is 0 Å². The normalized spacial score (nSPS) is 28.8. The van der Waals surface area contributed by atoms with Crippen LogP contribution in [0.25, 0.3) is 0 Å². The van der Waals surface area contributed by atoms with Crippen LogP contribution in [-0.2, 0) is 19.6 Å². The van der Waals surface area contributed by atoms with Gasteiger partial charge in [0.05, 0.1) is 24.3 Å². The van der Waals surface area contributed by atoms with Gasteiger partial charge in [-0.3, -0.25) is 9.59 Å². The Kier molecular flexibility index (Phi) is 8.16. The molecule has 0 aliphatic carbocycles. The van der Waals surface area contributed by atoms with E-state index in [0.717, 1.165) is 36.6 Å². The van der Waals surface area contributed by atoms with Gasteiger partial charge in [-0.25, -0.2) is 12.7 Å². The fourth-order valence-electron chi connectivity index (χ4n) is 5.08. The molecule has 28 heavy (non-hydrogen) atoms. The summed E-state index contributed by atoms with van der Waals surface area (Å²) in [7, 11) is -3.60. The van der Waals surface area contributed by atoms with Crippen molar-refractivity contribution < 1.29 is 18.0 Å². The Morgan fingerprint density at radius 2 is 1.75 bits per heavy atom. The standard InChI is InChI=1S/C19H33N3O4S.ClH/c1-3-8-15-18-16(22(19(15)24)27(2,25)26)9-14-21(18)17(23)10-13-20-11-6-4-5-7-12-20;/h15-16,18H,3-14H2,1-2H3;1H/t15-,16+,18-;/m1./s1. The predicted octanol–water partition coefficient (Wildman–Crippen LogP) is 1.86. The van der Waals surface area contributed by atoms with E-state index in [4.69, 9.17) is 0 Å². The summed E-state index contributed by atoms with van der Waals surface area (Å²) in [6.07, 6.45) is 8.45. The highest BCUT2D eigenvalue weighted by Gasteiger charge is 2.56. The van der Waals surface area contributed by atoms with Crippen LogP contribution in [0.2, 0.25) is 0 Å². The van der Waals surface area contributed by atoms with Gasteiger partial charge in [0.15, 0.2) is 0 Å². The van der Waals surface area contributed by atoms with Crippen LogP contribution >= 0.6 is 12.4 Å². The molecule has 3 rings (SSSR count). The van der Waals surface area contributed by atoms with Gasteiger partial charge in [0.2, 0.25) is 21.8 Å². The number of sulfonamides is 1. The van der Waals surface area contributed by atoms with Gasteiger partial charge in [-0.1, -0.05) is 26.2 Å². The summed E-state index contributed by atoms with van der Waals surface area (Å²) in [6.45, 7) is 5.41. The topological polar surface area (TPSA) is 78.0 Å². The number of nitrogens with zero attached hydrogens (tertiary/aromatic N) is 3. The van der Waals surface area contributed by atoms with E-state index in [9.17, 15) is 18.0 Å². The van der Waals surface area contributed by atoms with Crippen LogP contribution < -0.4 is 0 Å². The summed E-state index contributed by atoms with van der Waals surface area (Å²) >= 11 is 0. The molecular weight excluding hydrogens is 402 g/mol. The average Bonchev–Trinajstić information content (AvgIpc) is 2.99. The van der Waals surface area contributed by atoms with Gasteiger partial charge >= 0.3 is 0 Å². The maximum atomic E-state index is 12.9. The molecule has 0 aromatic rings. The number of halogens is 1. The second-order valence-corrected chi connectivity index (χ2v) is 10.1. The van der Waals surface area contributed by atoms with Crippen molar-refractivity contribution in [3.8, 4) is 0 Å². The van der Waals surface area contributed by atoms with Crippen LogP contribution in [0, 0.1) is 5.92 Å². The van der Waals surface area contributed by atoms with E-state index in [-0.39, 0.29) is 42.2 Å². The van der Waals surface area contributed by atoms with Crippen LogP contribution in [0.4, 0.5) is 0 Å². The highest BCUT2D eigenvalue weighted by molar-refractivity contribution is 7.88. The van der Waals surface area contributed by atoms with Gasteiger partial charge in [0.1, 0.15) is 0 Å². The highest BCUT2D eigenvalue weighted by atomic mass is 35.5. The van der Waals surface area contributed by atoms with Crippen molar-refractivity contribution in [2.24, 2.45) is 5.92 Å². The lowest BCUT2D eigenvalue weighted by Crippen LogP contribution is -2.44. The van der Waals surface area contributed by atoms with E-state index < -0.39 is 10.0 Å². The molecule has 0 saturated carbocycles. The number of amides is 2. The first-order valence-electron chi connectivity index (χ1n) is 10.4. The summed E-state index contributed by atoms with van der Waals surface area (Å²) < 4.78 is 25.4. The zero-order chi connectivity index (χ0) is 19.6. The Morgan fingerprint density at radius 3 is 2.32 bits per heavy atom. The highest BCUT2D eigenvalue weighted by Crippen LogP contribution is 2.40. The molecule has 0 aromatic carbocycles. The molecule has 3 fully saturated rings. The molecule has 3 atom stereocenters. The van der Waals surface area contributed by atoms with Crippen LogP contribution in [0.1, 0.15) is 58.3 Å². The van der Waals surface area contributed by atoms with Gasteiger partial charge < -0.3 is 9.80 Å². The van der Waals surface area contributed by atoms with E-state index in [1.807, 2.05) is 11.8 Å². The van der Waals surface area contributed by atoms with Gasteiger partial charge in [-0.2, -0.15) is 0 Å². The van der Waals surface area contributed by atoms with Gasteiger partial charge in [0, 0.05) is 19.5 Å². The molecule has 0 unspecified atom stereocenters. The maximum absolute atomic E-state index is 12.9. The molecule has 3 saturated heterocycles. The Balaban J connectivity index is 0.00000280. The van der Waals surface area contributed by atoms with Gasteiger partial charge in [-0.05, 0) is 38.8 Å². The third-order valence-electron chi connectivity index (χ3n) is 6.29. The van der Waals surface area contributed by atoms with E-state index in [1.54, 1.807) is 0 Å². The number of fused-ring (bicyclic) bond motifs is 1. The summed E-state index contributed by atoms with van der Waals surface area (Å²) in [5, 5.41) is 0. The zero-order valence-electron chi connectivity index (χ0n) is 17.0. The van der Waals surface area contributed by atoms with Gasteiger partial charge in [0.25, 0.3) is 0 Å². The van der Waals surface area contributed by atoms with Crippen molar-refractivity contribution in [1.82, 2.24) is 14.1 Å². The summed E-state index contributed by atoms with van der Waals surface area (Å²) in [5.41, 5.74) is 0. The monoisotopic (exact) mass is 435 g/mol. The second kappa shape index (κ2) is 9.76. The molecule has 3 aliphatic rings. The predicted molar refractivity (Wildman–Crippen MR) is 111 cm³/mol. The van der Waals surface area contributed by atoms with E-state index in [1.165, 1.54) is 25.7 Å². The quantitative estimate of drug-likeness (QED) is 0.636. The molecule has 7 nitrogen and oxygen atoms in total. The lowest BCUT2D eigenvalue weighted by Gasteiger charge is -2.28. The van der Waals surface area contributed by atoms with Crippen molar-refractivity contribution >= 4 is 34.2 Å². The van der Waals surface area contributed by atoms with Crippen molar-refractivity contribution in [3.05, 3.63) is 0 Å².